The van der Waals surface area contributed by atoms with E-state index in [0.717, 1.165) is 10.6 Å². The first kappa shape index (κ1) is 23.8. The van der Waals surface area contributed by atoms with Crippen LogP contribution in [0.1, 0.15) is 17.4 Å². The summed E-state index contributed by atoms with van der Waals surface area (Å²) in [6, 6.07) is 23.9. The lowest BCUT2D eigenvalue weighted by atomic mass is 10.3. The number of carbonyl (C=O) groups excluding carboxylic acids is 1. The third kappa shape index (κ3) is 5.96. The van der Waals surface area contributed by atoms with Crippen LogP contribution in [0.4, 0.5) is 11.5 Å². The fourth-order valence-corrected chi connectivity index (χ4v) is 3.94. The van der Waals surface area contributed by atoms with Crippen LogP contribution in [0.5, 0.6) is 0 Å². The molecule has 1 aromatic heterocycles. The van der Waals surface area contributed by atoms with Crippen molar-refractivity contribution in [2.75, 3.05) is 11.9 Å². The lowest BCUT2D eigenvalue weighted by Crippen LogP contribution is -2.10. The molecule has 3 aromatic carbocycles. The number of aromatic nitrogens is 3. The van der Waals surface area contributed by atoms with Gasteiger partial charge in [-0.05, 0) is 67.6 Å². The van der Waals surface area contributed by atoms with Crippen molar-refractivity contribution in [1.82, 2.24) is 15.0 Å². The lowest BCUT2D eigenvalue weighted by Gasteiger charge is -2.11. The Labute approximate surface area is 210 Å². The van der Waals surface area contributed by atoms with Gasteiger partial charge in [-0.25, -0.2) is 9.79 Å². The van der Waals surface area contributed by atoms with E-state index in [1.54, 1.807) is 31.2 Å². The zero-order chi connectivity index (χ0) is 23.9. The Morgan fingerprint density at radius 1 is 1.00 bits per heavy atom. The Hall–Kier alpha value is -3.33. The molecule has 0 spiro atoms. The molecule has 4 rings (SSSR count). The Bertz CT molecular complexity index is 1240. The third-order valence-corrected chi connectivity index (χ3v) is 5.85. The molecule has 4 aromatic rings. The van der Waals surface area contributed by atoms with Crippen LogP contribution in [0, 0.1) is 0 Å². The molecule has 10 heteroatoms. The first-order valence-electron chi connectivity index (χ1n) is 10.3. The van der Waals surface area contributed by atoms with Gasteiger partial charge in [0.25, 0.3) is 0 Å². The van der Waals surface area contributed by atoms with E-state index in [4.69, 9.17) is 32.9 Å². The maximum atomic E-state index is 12.6. The van der Waals surface area contributed by atoms with Gasteiger partial charge in [-0.1, -0.05) is 58.4 Å². The van der Waals surface area contributed by atoms with Gasteiger partial charge in [0.15, 0.2) is 11.0 Å². The highest BCUT2D eigenvalue weighted by molar-refractivity contribution is 8.14. The maximum absolute atomic E-state index is 12.6. The van der Waals surface area contributed by atoms with E-state index in [1.807, 2.05) is 54.6 Å². The van der Waals surface area contributed by atoms with E-state index in [-0.39, 0.29) is 18.1 Å². The SMILES string of the molecule is CCOC(=O)c1nnn(-c2ccccc2)c1/N=C(/Nc1ccc(Cl)cc1)Sc1ccc(Cl)cc1. The molecule has 0 saturated heterocycles. The quantitative estimate of drug-likeness (QED) is 0.135. The van der Waals surface area contributed by atoms with Crippen molar-refractivity contribution in [3.8, 4) is 5.69 Å². The Balaban J connectivity index is 1.81. The summed E-state index contributed by atoms with van der Waals surface area (Å²) in [7, 11) is 0. The first-order chi connectivity index (χ1) is 16.5. The van der Waals surface area contributed by atoms with Crippen molar-refractivity contribution in [2.45, 2.75) is 11.8 Å². The van der Waals surface area contributed by atoms with Crippen molar-refractivity contribution < 1.29 is 9.53 Å². The van der Waals surface area contributed by atoms with E-state index < -0.39 is 5.97 Å². The average Bonchev–Trinajstić information content (AvgIpc) is 3.26. The number of para-hydroxylation sites is 1. The van der Waals surface area contributed by atoms with Crippen LogP contribution >= 0.6 is 35.0 Å². The normalized spacial score (nSPS) is 11.3. The molecule has 1 heterocycles. The van der Waals surface area contributed by atoms with Gasteiger partial charge in [0, 0.05) is 20.6 Å². The minimum atomic E-state index is -0.606. The van der Waals surface area contributed by atoms with Crippen LogP contribution in [0.15, 0.2) is 88.8 Å². The molecule has 0 aliphatic carbocycles. The molecule has 0 saturated carbocycles. The van der Waals surface area contributed by atoms with Crippen LogP contribution in [-0.4, -0.2) is 32.7 Å². The van der Waals surface area contributed by atoms with E-state index in [0.29, 0.717) is 20.9 Å². The molecule has 172 valence electrons. The Morgan fingerprint density at radius 3 is 2.29 bits per heavy atom. The largest absolute Gasteiger partial charge is 0.461 e. The number of rotatable bonds is 6. The van der Waals surface area contributed by atoms with Gasteiger partial charge in [0.05, 0.1) is 12.3 Å². The summed E-state index contributed by atoms with van der Waals surface area (Å²) in [6.07, 6.45) is 0. The van der Waals surface area contributed by atoms with Crippen molar-refractivity contribution in [1.29, 1.82) is 0 Å². The molecule has 0 unspecified atom stereocenters. The minimum Gasteiger partial charge on any atom is -0.461 e. The van der Waals surface area contributed by atoms with Gasteiger partial charge in [0.2, 0.25) is 5.69 Å². The molecule has 0 atom stereocenters. The summed E-state index contributed by atoms with van der Waals surface area (Å²) in [5.74, 6) is -0.367. The Kier molecular flexibility index (Phi) is 7.84. The van der Waals surface area contributed by atoms with Crippen LogP contribution in [0.25, 0.3) is 5.69 Å². The standard InChI is InChI=1S/C24H19Cl2N5O2S/c1-2-33-23(32)21-22(31(30-29-21)19-6-4-3-5-7-19)28-24(27-18-12-8-16(25)9-13-18)34-20-14-10-17(26)11-15-20/h3-15H,2H2,1H3,(H,27,28). The van der Waals surface area contributed by atoms with Crippen LogP contribution < -0.4 is 5.32 Å². The zero-order valence-electron chi connectivity index (χ0n) is 18.0. The molecule has 0 amide bonds. The number of anilines is 1. The van der Waals surface area contributed by atoms with Crippen molar-refractivity contribution in [2.24, 2.45) is 4.99 Å². The van der Waals surface area contributed by atoms with Crippen molar-refractivity contribution >= 4 is 57.6 Å². The van der Waals surface area contributed by atoms with Crippen LogP contribution in [0.3, 0.4) is 0 Å². The fourth-order valence-electron chi connectivity index (χ4n) is 2.90. The highest BCUT2D eigenvalue weighted by Gasteiger charge is 2.23. The number of benzene rings is 3. The smallest absolute Gasteiger partial charge is 0.362 e. The topological polar surface area (TPSA) is 81.4 Å². The highest BCUT2D eigenvalue weighted by atomic mass is 35.5. The summed E-state index contributed by atoms with van der Waals surface area (Å²) in [4.78, 5) is 18.3. The molecule has 1 N–H and O–H groups in total. The molecule has 0 bridgehead atoms. The second-order valence-electron chi connectivity index (χ2n) is 6.83. The average molecular weight is 512 g/mol. The number of esters is 1. The number of halogens is 2. The highest BCUT2D eigenvalue weighted by Crippen LogP contribution is 2.28. The molecule has 0 aliphatic heterocycles. The number of nitrogens with one attached hydrogen (secondary N) is 1. The van der Waals surface area contributed by atoms with E-state index in [2.05, 4.69) is 15.6 Å². The number of thioether (sulfide) groups is 1. The second kappa shape index (κ2) is 11.2. The molecule has 0 radical (unpaired) electrons. The van der Waals surface area contributed by atoms with Gasteiger partial charge in [-0.15, -0.1) is 5.10 Å². The third-order valence-electron chi connectivity index (χ3n) is 4.45. The van der Waals surface area contributed by atoms with Gasteiger partial charge < -0.3 is 10.1 Å². The van der Waals surface area contributed by atoms with Crippen LogP contribution in [0.2, 0.25) is 10.0 Å². The molecule has 0 aliphatic rings. The number of hydrogen-bond acceptors (Lipinski definition) is 6. The number of nitrogens with zero attached hydrogens (tertiary/aromatic N) is 4. The van der Waals surface area contributed by atoms with Gasteiger partial charge in [0.1, 0.15) is 0 Å². The van der Waals surface area contributed by atoms with Gasteiger partial charge >= 0.3 is 5.97 Å². The number of hydrogen-bond donors (Lipinski definition) is 1. The minimum absolute atomic E-state index is 0.0119. The van der Waals surface area contributed by atoms with Crippen molar-refractivity contribution in [3.63, 3.8) is 0 Å². The van der Waals surface area contributed by atoms with Gasteiger partial charge in [-0.3, -0.25) is 0 Å². The zero-order valence-corrected chi connectivity index (χ0v) is 20.3. The summed E-state index contributed by atoms with van der Waals surface area (Å²) < 4.78 is 6.68. The van der Waals surface area contributed by atoms with E-state index in [1.165, 1.54) is 16.4 Å². The molecular formula is C24H19Cl2N5O2S. The Morgan fingerprint density at radius 2 is 1.65 bits per heavy atom. The monoisotopic (exact) mass is 511 g/mol. The summed E-state index contributed by atoms with van der Waals surface area (Å²) in [5, 5.41) is 13.2. The summed E-state index contributed by atoms with van der Waals surface area (Å²) >= 11 is 13.4. The maximum Gasteiger partial charge on any atom is 0.362 e. The fraction of sp³-hybridized carbons (Fsp3) is 0.0833. The van der Waals surface area contributed by atoms with Gasteiger partial charge in [-0.2, -0.15) is 4.68 Å². The molecule has 0 fully saturated rings. The number of aliphatic imine (C=N–C) groups is 1. The molecule has 34 heavy (non-hydrogen) atoms. The summed E-state index contributed by atoms with van der Waals surface area (Å²) in [5.41, 5.74) is 1.48. The van der Waals surface area contributed by atoms with Crippen LogP contribution in [-0.2, 0) is 4.74 Å². The number of ether oxygens (including phenoxy) is 1. The van der Waals surface area contributed by atoms with E-state index in [9.17, 15) is 4.79 Å². The predicted octanol–water partition coefficient (Wildman–Crippen LogP) is 6.64. The number of amidine groups is 1. The lowest BCUT2D eigenvalue weighted by molar-refractivity contribution is 0.0520. The molecule has 7 nitrogen and oxygen atoms in total. The first-order valence-corrected chi connectivity index (χ1v) is 11.8. The van der Waals surface area contributed by atoms with E-state index >= 15 is 0 Å². The van der Waals surface area contributed by atoms with Crippen molar-refractivity contribution in [3.05, 3.63) is 94.6 Å². The number of carbonyl (C=O) groups is 1. The second-order valence-corrected chi connectivity index (χ2v) is 8.77. The predicted molar refractivity (Wildman–Crippen MR) is 137 cm³/mol. The molecular weight excluding hydrogens is 493 g/mol. The summed E-state index contributed by atoms with van der Waals surface area (Å²) in [6.45, 7) is 1.93.